The van der Waals surface area contributed by atoms with Gasteiger partial charge in [-0.3, -0.25) is 9.59 Å². The van der Waals surface area contributed by atoms with E-state index in [0.717, 1.165) is 5.56 Å². The van der Waals surface area contributed by atoms with E-state index in [4.69, 9.17) is 9.88 Å². The second kappa shape index (κ2) is 9.94. The van der Waals surface area contributed by atoms with Gasteiger partial charge in [-0.2, -0.15) is 0 Å². The fourth-order valence-electron chi connectivity index (χ4n) is 2.36. The van der Waals surface area contributed by atoms with Crippen LogP contribution in [-0.2, 0) is 30.8 Å². The largest absolute Gasteiger partial charge is 0.451 e. The maximum atomic E-state index is 12.1. The zero-order valence-corrected chi connectivity index (χ0v) is 16.9. The molecule has 0 saturated heterocycles. The third-order valence-electron chi connectivity index (χ3n) is 3.90. The molecule has 1 unspecified atom stereocenters. The highest BCUT2D eigenvalue weighted by molar-refractivity contribution is 7.89. The molecule has 0 saturated carbocycles. The molecular weight excluding hydrogens is 398 g/mol. The highest BCUT2D eigenvalue weighted by Gasteiger charge is 2.19. The second-order valence-electron chi connectivity index (χ2n) is 6.27. The Balaban J connectivity index is 1.75. The lowest BCUT2D eigenvalue weighted by Crippen LogP contribution is -2.39. The summed E-state index contributed by atoms with van der Waals surface area (Å²) in [6, 6.07) is 7.72. The van der Waals surface area contributed by atoms with Gasteiger partial charge in [-0.05, 0) is 37.1 Å². The zero-order valence-electron chi connectivity index (χ0n) is 16.1. The average molecular weight is 421 g/mol. The molecule has 0 aliphatic heterocycles. The minimum Gasteiger partial charge on any atom is -0.451 e. The summed E-state index contributed by atoms with van der Waals surface area (Å²) >= 11 is 0. The molecule has 1 aromatic carbocycles. The van der Waals surface area contributed by atoms with Crippen molar-refractivity contribution < 1.29 is 22.7 Å². The summed E-state index contributed by atoms with van der Waals surface area (Å²) in [5, 5.41) is 7.72. The van der Waals surface area contributed by atoms with Gasteiger partial charge in [0.25, 0.3) is 5.91 Å². The van der Waals surface area contributed by atoms with Gasteiger partial charge in [-0.25, -0.2) is 23.5 Å². The molecule has 2 aromatic rings. The van der Waals surface area contributed by atoms with Gasteiger partial charge in [0.05, 0.1) is 4.90 Å². The molecule has 1 heterocycles. The number of aromatic nitrogens is 2. The van der Waals surface area contributed by atoms with Crippen LogP contribution < -0.4 is 15.4 Å². The number of amides is 1. The third kappa shape index (κ3) is 7.12. The van der Waals surface area contributed by atoms with Crippen LogP contribution in [0.15, 0.2) is 47.6 Å². The summed E-state index contributed by atoms with van der Waals surface area (Å²) in [5.41, 5.74) is 0.826. The number of carbonyl (C=O) groups is 2. The smallest absolute Gasteiger partial charge is 0.326 e. The third-order valence-corrected chi connectivity index (χ3v) is 4.83. The first-order valence-corrected chi connectivity index (χ1v) is 10.3. The highest BCUT2D eigenvalue weighted by atomic mass is 32.2. The number of esters is 1. The molecule has 0 aliphatic carbocycles. The Morgan fingerprint density at radius 2 is 1.83 bits per heavy atom. The van der Waals surface area contributed by atoms with Crippen molar-refractivity contribution in [3.63, 3.8) is 0 Å². The molecule has 1 amide bonds. The Morgan fingerprint density at radius 1 is 1.21 bits per heavy atom. The van der Waals surface area contributed by atoms with E-state index in [1.165, 1.54) is 24.0 Å². The first-order valence-electron chi connectivity index (χ1n) is 8.74. The number of nitrogens with zero attached hydrogens (tertiary/aromatic N) is 3. The number of hydrogen-bond donors (Lipinski definition) is 2. The number of sulfonamides is 1. The van der Waals surface area contributed by atoms with Crippen LogP contribution in [-0.4, -0.2) is 56.5 Å². The lowest BCUT2D eigenvalue weighted by Gasteiger charge is -2.18. The van der Waals surface area contributed by atoms with E-state index < -0.39 is 28.0 Å². The molecule has 2 rings (SSSR count). The van der Waals surface area contributed by atoms with Crippen molar-refractivity contribution in [1.29, 1.82) is 0 Å². The Kier molecular flexibility index (Phi) is 7.62. The van der Waals surface area contributed by atoms with Gasteiger partial charge >= 0.3 is 5.97 Å². The maximum Gasteiger partial charge on any atom is 0.326 e. The molecule has 29 heavy (non-hydrogen) atoms. The lowest BCUT2D eigenvalue weighted by atomic mass is 10.1. The van der Waals surface area contributed by atoms with Crippen LogP contribution in [0.1, 0.15) is 12.5 Å². The number of ether oxygens (including phenoxy) is 1. The van der Waals surface area contributed by atoms with Crippen molar-refractivity contribution in [2.24, 2.45) is 5.14 Å². The van der Waals surface area contributed by atoms with Crippen molar-refractivity contribution in [1.82, 2.24) is 15.3 Å². The van der Waals surface area contributed by atoms with E-state index in [9.17, 15) is 18.0 Å². The Bertz CT molecular complexity index is 935. The number of likely N-dealkylation sites (N-methyl/N-ethyl adjacent to an activating group) is 1. The normalized spacial score (nSPS) is 12.1. The Morgan fingerprint density at radius 3 is 2.41 bits per heavy atom. The second-order valence-corrected chi connectivity index (χ2v) is 7.83. The van der Waals surface area contributed by atoms with Crippen LogP contribution in [0.25, 0.3) is 0 Å². The van der Waals surface area contributed by atoms with Gasteiger partial charge in [0.1, 0.15) is 6.54 Å². The van der Waals surface area contributed by atoms with Crippen LogP contribution in [0.5, 0.6) is 0 Å². The van der Waals surface area contributed by atoms with E-state index in [2.05, 4.69) is 15.3 Å². The van der Waals surface area contributed by atoms with Gasteiger partial charge in [-0.15, -0.1) is 0 Å². The molecule has 10 nitrogen and oxygen atoms in total. The van der Waals surface area contributed by atoms with Gasteiger partial charge in [0, 0.05) is 26.0 Å². The van der Waals surface area contributed by atoms with Gasteiger partial charge < -0.3 is 15.0 Å². The van der Waals surface area contributed by atoms with E-state index in [0.29, 0.717) is 18.9 Å². The fraction of sp³-hybridized carbons (Fsp3) is 0.333. The first-order chi connectivity index (χ1) is 13.7. The minimum absolute atomic E-state index is 0.0247. The maximum absolute atomic E-state index is 12.1. The number of rotatable bonds is 9. The van der Waals surface area contributed by atoms with Crippen molar-refractivity contribution in [3.05, 3.63) is 48.3 Å². The lowest BCUT2D eigenvalue weighted by molar-refractivity contribution is -0.153. The molecule has 0 spiro atoms. The number of anilines is 1. The summed E-state index contributed by atoms with van der Waals surface area (Å²) in [6.07, 6.45) is 2.63. The summed E-state index contributed by atoms with van der Waals surface area (Å²) in [4.78, 5) is 33.7. The number of nitrogens with one attached hydrogen (secondary N) is 1. The number of hydrogen-bond acceptors (Lipinski definition) is 8. The van der Waals surface area contributed by atoms with Gasteiger partial charge in [0.15, 0.2) is 6.10 Å². The summed E-state index contributed by atoms with van der Waals surface area (Å²) in [7, 11) is -2.09. The molecule has 3 N–H and O–H groups in total. The number of benzene rings is 1. The molecule has 1 aromatic heterocycles. The standard InChI is InChI=1S/C18H23N5O5S/c1-13(28-16(24)12-23(2)18-21-9-3-10-22-18)17(25)20-11-8-14-4-6-15(7-5-14)29(19,26)27/h3-7,9-10,13H,8,11-12H2,1-2H3,(H,20,25)(H2,19,26,27). The molecule has 0 aliphatic rings. The van der Waals surface area contributed by atoms with Gasteiger partial charge in [0.2, 0.25) is 16.0 Å². The van der Waals surface area contributed by atoms with E-state index in [1.54, 1.807) is 37.6 Å². The highest BCUT2D eigenvalue weighted by Crippen LogP contribution is 2.09. The Hall–Kier alpha value is -3.05. The summed E-state index contributed by atoms with van der Waals surface area (Å²) < 4.78 is 27.6. The van der Waals surface area contributed by atoms with E-state index in [1.807, 2.05) is 0 Å². The number of carbonyl (C=O) groups excluding carboxylic acids is 2. The molecular formula is C18H23N5O5S. The van der Waals surface area contributed by atoms with Crippen LogP contribution in [0.2, 0.25) is 0 Å². The molecule has 1 atom stereocenters. The van der Waals surface area contributed by atoms with Crippen molar-refractivity contribution >= 4 is 27.8 Å². The fourth-order valence-corrected chi connectivity index (χ4v) is 2.88. The number of primary sulfonamides is 1. The van der Waals surface area contributed by atoms with Crippen molar-refractivity contribution in [3.8, 4) is 0 Å². The first kappa shape index (κ1) is 22.2. The van der Waals surface area contributed by atoms with E-state index in [-0.39, 0.29) is 11.4 Å². The van der Waals surface area contributed by atoms with Crippen LogP contribution in [0.4, 0.5) is 5.95 Å². The van der Waals surface area contributed by atoms with Gasteiger partial charge in [-0.1, -0.05) is 12.1 Å². The average Bonchev–Trinajstić information content (AvgIpc) is 2.68. The van der Waals surface area contributed by atoms with Crippen LogP contribution in [0, 0.1) is 0 Å². The van der Waals surface area contributed by atoms with Crippen molar-refractivity contribution in [2.75, 3.05) is 25.0 Å². The minimum atomic E-state index is -3.73. The summed E-state index contributed by atoms with van der Waals surface area (Å²) in [6.45, 7) is 1.68. The predicted octanol–water partition coefficient (Wildman–Crippen LogP) is -0.149. The topological polar surface area (TPSA) is 145 Å². The number of nitrogens with two attached hydrogens (primary N) is 1. The van der Waals surface area contributed by atoms with Crippen molar-refractivity contribution in [2.45, 2.75) is 24.3 Å². The monoisotopic (exact) mass is 421 g/mol. The predicted molar refractivity (Wildman–Crippen MR) is 105 cm³/mol. The SMILES string of the molecule is CC(OC(=O)CN(C)c1ncccn1)C(=O)NCCc1ccc(S(N)(=O)=O)cc1. The van der Waals surface area contributed by atoms with Crippen LogP contribution >= 0.6 is 0 Å². The zero-order chi connectivity index (χ0) is 21.4. The molecule has 0 radical (unpaired) electrons. The Labute approximate surface area is 169 Å². The molecule has 11 heteroatoms. The van der Waals surface area contributed by atoms with Crippen LogP contribution in [0.3, 0.4) is 0 Å². The molecule has 0 bridgehead atoms. The molecule has 0 fully saturated rings. The molecule has 156 valence electrons. The van der Waals surface area contributed by atoms with E-state index >= 15 is 0 Å². The summed E-state index contributed by atoms with van der Waals surface area (Å²) in [5.74, 6) is -0.644. The quantitative estimate of drug-likeness (QED) is 0.532.